The van der Waals surface area contributed by atoms with Gasteiger partial charge in [-0.1, -0.05) is 50.8 Å². The Morgan fingerprint density at radius 3 is 2.63 bits per heavy atom. The summed E-state index contributed by atoms with van der Waals surface area (Å²) in [6, 6.07) is 7.87. The molecular weight excluding hydrogens is 514 g/mol. The maximum absolute atomic E-state index is 14.5. The molecule has 204 valence electrons. The number of hydrogen-bond donors (Lipinski definition) is 2. The lowest BCUT2D eigenvalue weighted by molar-refractivity contribution is -0.139. The maximum Gasteiger partial charge on any atom is 0.341 e. The predicted molar refractivity (Wildman–Crippen MR) is 143 cm³/mol. The summed E-state index contributed by atoms with van der Waals surface area (Å²) in [5.41, 5.74) is 8.83. The first-order chi connectivity index (χ1) is 17.9. The molecule has 0 aromatic heterocycles. The number of aliphatic carboxylic acids is 1. The number of hydrogen-bond acceptors (Lipinski definition) is 5. The van der Waals surface area contributed by atoms with E-state index in [-0.39, 0.29) is 22.5 Å². The Morgan fingerprint density at radius 1 is 1.29 bits per heavy atom. The van der Waals surface area contributed by atoms with Crippen molar-refractivity contribution < 1.29 is 31.8 Å². The lowest BCUT2D eigenvalue weighted by Gasteiger charge is -2.33. The molecule has 1 unspecified atom stereocenters. The van der Waals surface area contributed by atoms with E-state index < -0.39 is 46.0 Å². The van der Waals surface area contributed by atoms with Crippen molar-refractivity contribution in [2.24, 2.45) is 5.73 Å². The van der Waals surface area contributed by atoms with Crippen molar-refractivity contribution in [2.45, 2.75) is 45.1 Å². The average Bonchev–Trinajstić information content (AvgIpc) is 2.88. The number of carbonyl (C=O) groups is 1. The Balaban J connectivity index is 1.90. The zero-order chi connectivity index (χ0) is 28.2. The average molecular weight is 547 g/mol. The second-order valence-electron chi connectivity index (χ2n) is 9.38. The summed E-state index contributed by atoms with van der Waals surface area (Å²) >= 11 is 0. The number of carboxylic acid groups (broad SMARTS) is 1. The quantitative estimate of drug-likeness (QED) is 0.394. The molecule has 38 heavy (non-hydrogen) atoms. The fourth-order valence-electron chi connectivity index (χ4n) is 4.45. The van der Waals surface area contributed by atoms with Crippen molar-refractivity contribution in [2.75, 3.05) is 13.7 Å². The van der Waals surface area contributed by atoms with Crippen LogP contribution in [0.1, 0.15) is 60.9 Å². The van der Waals surface area contributed by atoms with Gasteiger partial charge in [-0.25, -0.2) is 17.6 Å². The number of benzene rings is 2. The first kappa shape index (κ1) is 29.1. The lowest BCUT2D eigenvalue weighted by Crippen LogP contribution is -2.34. The number of nitrogens with two attached hydrogens (primary N) is 1. The summed E-state index contributed by atoms with van der Waals surface area (Å²) in [5.74, 6) is -4.10. The second kappa shape index (κ2) is 11.9. The lowest BCUT2D eigenvalue weighted by atomic mass is 9.86. The molecule has 0 bridgehead atoms. The second-order valence-corrected chi connectivity index (χ2v) is 11.4. The van der Waals surface area contributed by atoms with Gasteiger partial charge in [0, 0.05) is 18.8 Å². The van der Waals surface area contributed by atoms with Crippen LogP contribution in [0.2, 0.25) is 0 Å². The zero-order valence-electron chi connectivity index (χ0n) is 21.6. The number of ether oxygens (including phenoxy) is 1. The minimum absolute atomic E-state index is 0.212. The van der Waals surface area contributed by atoms with Crippen molar-refractivity contribution in [1.29, 1.82) is 0 Å². The van der Waals surface area contributed by atoms with Crippen LogP contribution in [0.25, 0.3) is 5.57 Å². The number of carboxylic acids is 1. The molecule has 0 heterocycles. The fourth-order valence-corrected chi connectivity index (χ4v) is 5.61. The molecule has 3 N–H and O–H groups in total. The molecule has 10 heteroatoms. The highest BCUT2D eigenvalue weighted by molar-refractivity contribution is 7.93. The molecule has 2 aromatic rings. The van der Waals surface area contributed by atoms with E-state index >= 15 is 0 Å². The number of fused-ring (bicyclic) bond motifs is 1. The van der Waals surface area contributed by atoms with E-state index in [9.17, 15) is 22.0 Å². The summed E-state index contributed by atoms with van der Waals surface area (Å²) in [5, 5.41) is 8.91. The molecule has 0 amide bonds. The highest BCUT2D eigenvalue weighted by Gasteiger charge is 2.35. The van der Waals surface area contributed by atoms with Gasteiger partial charge >= 0.3 is 5.97 Å². The van der Waals surface area contributed by atoms with Crippen LogP contribution < -0.4 is 10.5 Å². The van der Waals surface area contributed by atoms with E-state index in [0.29, 0.717) is 24.3 Å². The van der Waals surface area contributed by atoms with Gasteiger partial charge in [0.1, 0.15) is 0 Å². The van der Waals surface area contributed by atoms with Crippen molar-refractivity contribution in [3.8, 4) is 5.75 Å². The molecule has 0 radical (unpaired) electrons. The maximum atomic E-state index is 14.5. The number of sulfonamides is 1. The van der Waals surface area contributed by atoms with E-state index in [1.165, 1.54) is 19.3 Å². The number of rotatable bonds is 10. The van der Waals surface area contributed by atoms with Crippen LogP contribution in [0, 0.1) is 11.6 Å². The van der Waals surface area contributed by atoms with Gasteiger partial charge in [-0.05, 0) is 59.6 Å². The largest absolute Gasteiger partial charge is 0.479 e. The van der Waals surface area contributed by atoms with Crippen LogP contribution in [0.3, 0.4) is 0 Å². The van der Waals surface area contributed by atoms with Crippen LogP contribution in [0.5, 0.6) is 5.75 Å². The van der Waals surface area contributed by atoms with E-state index in [2.05, 4.69) is 20.4 Å². The Bertz CT molecular complexity index is 1400. The van der Waals surface area contributed by atoms with E-state index in [1.807, 2.05) is 24.3 Å². The van der Waals surface area contributed by atoms with Gasteiger partial charge in [-0.3, -0.25) is 0 Å². The topological polar surface area (TPSA) is 110 Å². The molecule has 3 rings (SSSR count). The van der Waals surface area contributed by atoms with E-state index in [4.69, 9.17) is 15.6 Å². The zero-order valence-corrected chi connectivity index (χ0v) is 22.4. The Morgan fingerprint density at radius 2 is 2.00 bits per heavy atom. The van der Waals surface area contributed by atoms with Crippen molar-refractivity contribution in [3.05, 3.63) is 94.1 Å². The normalized spacial score (nSPS) is 16.2. The van der Waals surface area contributed by atoms with Crippen LogP contribution >= 0.6 is 0 Å². The van der Waals surface area contributed by atoms with Gasteiger partial charge in [0.15, 0.2) is 18.2 Å². The predicted octanol–water partition coefficient (Wildman–Crippen LogP) is 5.26. The van der Waals surface area contributed by atoms with Gasteiger partial charge in [0.25, 0.3) is 0 Å². The Kier molecular flexibility index (Phi) is 9.11. The first-order valence-corrected chi connectivity index (χ1v) is 13.5. The van der Waals surface area contributed by atoms with Crippen LogP contribution in [0.15, 0.2) is 60.2 Å². The van der Waals surface area contributed by atoms with Crippen molar-refractivity contribution in [1.82, 2.24) is 4.31 Å². The fraction of sp³-hybridized carbons (Fsp3) is 0.321. The molecule has 2 aromatic carbocycles. The SMILES string of the molecule is C=C(/C=C\C(=C/N)c1cccc(C(C)C)c1)S(=O)(=O)N(C)C1CCCc2c1cc(F)c(F)c2OCC(=O)O. The third-order valence-electron chi connectivity index (χ3n) is 6.58. The van der Waals surface area contributed by atoms with Gasteiger partial charge < -0.3 is 15.6 Å². The monoisotopic (exact) mass is 546 g/mol. The van der Waals surface area contributed by atoms with Crippen LogP contribution in [0.4, 0.5) is 8.78 Å². The third-order valence-corrected chi connectivity index (χ3v) is 8.39. The molecule has 0 fully saturated rings. The standard InChI is InChI=1S/C28H32F2N2O5S/c1-17(2)19-7-5-8-20(13-19)21(15-31)12-11-18(3)38(35,36)32(4)25-10-6-9-22-23(25)14-24(29)27(30)28(22)37-16-26(33)34/h5,7-8,11-15,17,25H,3,6,9-10,16,31H2,1-2,4H3,(H,33,34)/b12-11-,21-15+. The Labute approximate surface area is 222 Å². The molecule has 1 aliphatic carbocycles. The smallest absolute Gasteiger partial charge is 0.341 e. The summed E-state index contributed by atoms with van der Waals surface area (Å²) < 4.78 is 61.9. The first-order valence-electron chi connectivity index (χ1n) is 12.1. The minimum atomic E-state index is -4.12. The van der Waals surface area contributed by atoms with Gasteiger partial charge in [0.05, 0.1) is 10.9 Å². The van der Waals surface area contributed by atoms with Crippen molar-refractivity contribution in [3.63, 3.8) is 0 Å². The molecule has 0 saturated heterocycles. The molecule has 0 saturated carbocycles. The van der Waals surface area contributed by atoms with Crippen LogP contribution in [-0.2, 0) is 21.2 Å². The molecule has 0 spiro atoms. The summed E-state index contributed by atoms with van der Waals surface area (Å²) in [6.45, 7) is 7.01. The number of nitrogens with zero attached hydrogens (tertiary/aromatic N) is 1. The molecular formula is C28H32F2N2O5S. The molecule has 7 nitrogen and oxygen atoms in total. The minimum Gasteiger partial charge on any atom is -0.479 e. The molecule has 1 aliphatic rings. The van der Waals surface area contributed by atoms with Gasteiger partial charge in [-0.15, -0.1) is 0 Å². The van der Waals surface area contributed by atoms with E-state index in [1.54, 1.807) is 6.08 Å². The number of halogens is 2. The number of allylic oxidation sites excluding steroid dienone is 3. The molecule has 1 atom stereocenters. The highest BCUT2D eigenvalue weighted by atomic mass is 32.2. The van der Waals surface area contributed by atoms with Crippen molar-refractivity contribution >= 4 is 21.6 Å². The Hall–Kier alpha value is -3.50. The highest BCUT2D eigenvalue weighted by Crippen LogP contribution is 2.42. The van der Waals surface area contributed by atoms with Crippen LogP contribution in [-0.4, -0.2) is 37.5 Å². The summed E-state index contributed by atoms with van der Waals surface area (Å²) in [6.07, 6.45) is 5.39. The molecule has 0 aliphatic heterocycles. The van der Waals surface area contributed by atoms with E-state index in [0.717, 1.165) is 21.5 Å². The van der Waals surface area contributed by atoms with Gasteiger partial charge in [-0.2, -0.15) is 8.70 Å². The summed E-state index contributed by atoms with van der Waals surface area (Å²) in [4.78, 5) is 10.7. The third kappa shape index (κ3) is 6.14. The summed E-state index contributed by atoms with van der Waals surface area (Å²) in [7, 11) is -2.77. The van der Waals surface area contributed by atoms with Gasteiger partial charge in [0.2, 0.25) is 15.8 Å².